The highest BCUT2D eigenvalue weighted by atomic mass is 32.2. The van der Waals surface area contributed by atoms with Crippen LogP contribution in [0, 0.1) is 6.92 Å². The molecule has 1 aromatic carbocycles. The van der Waals surface area contributed by atoms with Crippen molar-refractivity contribution in [2.24, 2.45) is 0 Å². The van der Waals surface area contributed by atoms with Crippen LogP contribution in [0.3, 0.4) is 0 Å². The smallest absolute Gasteiger partial charge is 0.185 e. The van der Waals surface area contributed by atoms with Gasteiger partial charge in [-0.2, -0.15) is 0 Å². The van der Waals surface area contributed by atoms with Gasteiger partial charge in [-0.25, -0.2) is 0 Å². The predicted octanol–water partition coefficient (Wildman–Crippen LogP) is 3.26. The second-order valence-electron chi connectivity index (χ2n) is 3.65. The number of nitrogens with two attached hydrogens (primary N) is 1. The van der Waals surface area contributed by atoms with E-state index >= 15 is 0 Å². The third kappa shape index (κ3) is 4.53. The monoisotopic (exact) mass is 235 g/mol. The number of hydrogen-bond acceptors (Lipinski definition) is 3. The Morgan fingerprint density at radius 2 is 2.25 bits per heavy atom. The van der Waals surface area contributed by atoms with Gasteiger partial charge < -0.3 is 5.73 Å². The van der Waals surface area contributed by atoms with Crippen LogP contribution in [0.1, 0.15) is 24.5 Å². The molecule has 3 heteroatoms. The van der Waals surface area contributed by atoms with E-state index in [1.165, 1.54) is 11.8 Å². The normalized spacial score (nSPS) is 10.9. The molecule has 0 saturated carbocycles. The summed E-state index contributed by atoms with van der Waals surface area (Å²) in [5.41, 5.74) is 8.84. The van der Waals surface area contributed by atoms with Crippen molar-refractivity contribution in [2.75, 3.05) is 11.5 Å². The van der Waals surface area contributed by atoms with Crippen LogP contribution in [0.4, 0.5) is 5.69 Å². The van der Waals surface area contributed by atoms with Crippen LogP contribution in [0.5, 0.6) is 0 Å². The molecule has 0 heterocycles. The number of hydrogen-bond donors (Lipinski definition) is 1. The van der Waals surface area contributed by atoms with Gasteiger partial charge in [0.15, 0.2) is 5.12 Å². The molecule has 0 atom stereocenters. The highest BCUT2D eigenvalue weighted by molar-refractivity contribution is 8.13. The maximum Gasteiger partial charge on any atom is 0.185 e. The van der Waals surface area contributed by atoms with E-state index < -0.39 is 0 Å². The molecule has 86 valence electrons. The molecular weight excluding hydrogens is 218 g/mol. The third-order valence-corrected chi connectivity index (χ3v) is 3.05. The number of carbonyl (C=O) groups is 1. The molecule has 0 unspecified atom stereocenters. The van der Waals surface area contributed by atoms with Crippen molar-refractivity contribution in [3.63, 3.8) is 0 Å². The second-order valence-corrected chi connectivity index (χ2v) is 4.92. The molecule has 2 N–H and O–H groups in total. The van der Waals surface area contributed by atoms with Crippen molar-refractivity contribution in [3.05, 3.63) is 35.4 Å². The summed E-state index contributed by atoms with van der Waals surface area (Å²) in [6.45, 7) is 3.58. The Bertz CT molecular complexity index is 399. The van der Waals surface area contributed by atoms with Gasteiger partial charge in [-0.05, 0) is 30.5 Å². The molecule has 16 heavy (non-hydrogen) atoms. The number of allylic oxidation sites excluding steroid dienone is 1. The Morgan fingerprint density at radius 1 is 1.50 bits per heavy atom. The molecule has 0 bridgehead atoms. The fourth-order valence-electron chi connectivity index (χ4n) is 1.25. The van der Waals surface area contributed by atoms with Crippen molar-refractivity contribution < 1.29 is 4.79 Å². The van der Waals surface area contributed by atoms with E-state index in [4.69, 9.17) is 5.73 Å². The fourth-order valence-corrected chi connectivity index (χ4v) is 1.79. The van der Waals surface area contributed by atoms with Gasteiger partial charge in [0.2, 0.25) is 0 Å². The summed E-state index contributed by atoms with van der Waals surface area (Å²) in [5.74, 6) is 0.840. The van der Waals surface area contributed by atoms with E-state index in [2.05, 4.69) is 6.08 Å². The fraction of sp³-hybridized carbons (Fsp3) is 0.308. The largest absolute Gasteiger partial charge is 0.398 e. The van der Waals surface area contributed by atoms with Crippen LogP contribution in [0.25, 0.3) is 6.08 Å². The highest BCUT2D eigenvalue weighted by Gasteiger charge is 1.94. The number of anilines is 1. The minimum Gasteiger partial charge on any atom is -0.398 e. The summed E-state index contributed by atoms with van der Waals surface area (Å²) in [6.07, 6.45) is 5.01. The molecule has 0 aliphatic rings. The maximum atomic E-state index is 10.7. The van der Waals surface area contributed by atoms with E-state index in [9.17, 15) is 4.79 Å². The lowest BCUT2D eigenvalue weighted by molar-refractivity contribution is -0.109. The van der Waals surface area contributed by atoms with E-state index in [0.29, 0.717) is 0 Å². The molecule has 0 aromatic heterocycles. The van der Waals surface area contributed by atoms with E-state index in [-0.39, 0.29) is 5.12 Å². The molecule has 0 radical (unpaired) electrons. The molecular formula is C13H17NOS. The van der Waals surface area contributed by atoms with E-state index in [1.807, 2.05) is 31.2 Å². The first kappa shape index (κ1) is 12.8. The van der Waals surface area contributed by atoms with Gasteiger partial charge in [-0.1, -0.05) is 36.0 Å². The van der Waals surface area contributed by atoms with E-state index in [1.54, 1.807) is 6.92 Å². The van der Waals surface area contributed by atoms with Gasteiger partial charge in [0.25, 0.3) is 0 Å². The lowest BCUT2D eigenvalue weighted by Crippen LogP contribution is -1.89. The highest BCUT2D eigenvalue weighted by Crippen LogP contribution is 2.14. The third-order valence-electron chi connectivity index (χ3n) is 2.20. The summed E-state index contributed by atoms with van der Waals surface area (Å²) >= 11 is 1.36. The standard InChI is InChI=1S/C13H17NOS/c1-10-6-7-12(9-13(10)14)5-3-4-8-16-11(2)15/h3,5-7,9H,4,8,14H2,1-2H3. The quantitative estimate of drug-likeness (QED) is 0.643. The molecule has 0 fully saturated rings. The van der Waals surface area contributed by atoms with Crippen molar-refractivity contribution in [1.82, 2.24) is 0 Å². The van der Waals surface area contributed by atoms with Crippen LogP contribution in [-0.4, -0.2) is 10.9 Å². The Balaban J connectivity index is 2.44. The molecule has 0 aliphatic heterocycles. The Hall–Kier alpha value is -1.22. The lowest BCUT2D eigenvalue weighted by atomic mass is 10.1. The first-order valence-electron chi connectivity index (χ1n) is 5.25. The molecule has 1 aromatic rings. The Kier molecular flexibility index (Phi) is 5.12. The second kappa shape index (κ2) is 6.38. The number of thioether (sulfide) groups is 1. The maximum absolute atomic E-state index is 10.7. The minimum atomic E-state index is 0.174. The molecule has 0 spiro atoms. The van der Waals surface area contributed by atoms with Crippen LogP contribution in [0.2, 0.25) is 0 Å². The average Bonchev–Trinajstić information content (AvgIpc) is 2.22. The summed E-state index contributed by atoms with van der Waals surface area (Å²) < 4.78 is 0. The summed E-state index contributed by atoms with van der Waals surface area (Å²) in [6, 6.07) is 6.02. The topological polar surface area (TPSA) is 43.1 Å². The van der Waals surface area contributed by atoms with Gasteiger partial charge in [0, 0.05) is 18.4 Å². The zero-order chi connectivity index (χ0) is 12.0. The molecule has 0 saturated heterocycles. The van der Waals surface area contributed by atoms with Crippen molar-refractivity contribution in [1.29, 1.82) is 0 Å². The van der Waals surface area contributed by atoms with Gasteiger partial charge >= 0.3 is 0 Å². The van der Waals surface area contributed by atoms with Gasteiger partial charge in [0.1, 0.15) is 0 Å². The van der Waals surface area contributed by atoms with Crippen LogP contribution < -0.4 is 5.73 Å². The van der Waals surface area contributed by atoms with Gasteiger partial charge in [0.05, 0.1) is 0 Å². The van der Waals surface area contributed by atoms with Crippen molar-refractivity contribution in [2.45, 2.75) is 20.3 Å². The SMILES string of the molecule is CC(=O)SCCC=Cc1ccc(C)c(N)c1. The number of rotatable bonds is 4. The number of aryl methyl sites for hydroxylation is 1. The van der Waals surface area contributed by atoms with Crippen molar-refractivity contribution >= 4 is 28.6 Å². The number of benzene rings is 1. The summed E-state index contributed by atoms with van der Waals surface area (Å²) in [7, 11) is 0. The average molecular weight is 235 g/mol. The lowest BCUT2D eigenvalue weighted by Gasteiger charge is -2.00. The first-order chi connectivity index (χ1) is 7.59. The Morgan fingerprint density at radius 3 is 2.88 bits per heavy atom. The van der Waals surface area contributed by atoms with Crippen molar-refractivity contribution in [3.8, 4) is 0 Å². The van der Waals surface area contributed by atoms with Crippen LogP contribution in [-0.2, 0) is 4.79 Å². The summed E-state index contributed by atoms with van der Waals surface area (Å²) in [4.78, 5) is 10.7. The molecule has 0 amide bonds. The predicted molar refractivity (Wildman–Crippen MR) is 72.4 cm³/mol. The first-order valence-corrected chi connectivity index (χ1v) is 6.24. The van der Waals surface area contributed by atoms with Gasteiger partial charge in [-0.3, -0.25) is 4.79 Å². The van der Waals surface area contributed by atoms with Crippen LogP contribution in [0.15, 0.2) is 24.3 Å². The zero-order valence-corrected chi connectivity index (χ0v) is 10.5. The molecule has 1 rings (SSSR count). The number of carbonyl (C=O) groups excluding carboxylic acids is 1. The minimum absolute atomic E-state index is 0.174. The van der Waals surface area contributed by atoms with Crippen LogP contribution >= 0.6 is 11.8 Å². The molecule has 0 aliphatic carbocycles. The van der Waals surface area contributed by atoms with E-state index in [0.717, 1.165) is 29.0 Å². The molecule has 2 nitrogen and oxygen atoms in total. The van der Waals surface area contributed by atoms with Gasteiger partial charge in [-0.15, -0.1) is 0 Å². The number of nitrogen functional groups attached to an aromatic ring is 1. The summed E-state index contributed by atoms with van der Waals surface area (Å²) in [5, 5.41) is 0.174. The zero-order valence-electron chi connectivity index (χ0n) is 9.69. The Labute approximate surface area is 101 Å².